The van der Waals surface area contributed by atoms with Gasteiger partial charge in [0.1, 0.15) is 0 Å². The SMILES string of the molecule is CCCC(CCO)CNC(=O)[C@H](O)c1ccccc1Cl. The number of halogens is 1. The first-order valence-corrected chi connectivity index (χ1v) is 7.29. The van der Waals surface area contributed by atoms with Gasteiger partial charge in [-0.3, -0.25) is 4.79 Å². The highest BCUT2D eigenvalue weighted by molar-refractivity contribution is 6.31. The number of rotatable bonds is 8. The molecule has 0 fully saturated rings. The predicted molar refractivity (Wildman–Crippen MR) is 79.5 cm³/mol. The average Bonchev–Trinajstić information content (AvgIpc) is 2.44. The fraction of sp³-hybridized carbons (Fsp3) is 0.533. The average molecular weight is 300 g/mol. The van der Waals surface area contributed by atoms with Crippen molar-refractivity contribution in [3.63, 3.8) is 0 Å². The normalized spacial score (nSPS) is 13.8. The molecule has 0 aromatic heterocycles. The number of benzene rings is 1. The topological polar surface area (TPSA) is 69.6 Å². The van der Waals surface area contributed by atoms with E-state index >= 15 is 0 Å². The minimum absolute atomic E-state index is 0.105. The van der Waals surface area contributed by atoms with E-state index in [4.69, 9.17) is 16.7 Å². The second-order valence-electron chi connectivity index (χ2n) is 4.84. The molecular weight excluding hydrogens is 278 g/mol. The van der Waals surface area contributed by atoms with Crippen molar-refractivity contribution in [1.29, 1.82) is 0 Å². The van der Waals surface area contributed by atoms with Gasteiger partial charge in [0.05, 0.1) is 0 Å². The smallest absolute Gasteiger partial charge is 0.253 e. The third-order valence-corrected chi connectivity index (χ3v) is 3.59. The number of hydrogen-bond donors (Lipinski definition) is 3. The van der Waals surface area contributed by atoms with Gasteiger partial charge < -0.3 is 15.5 Å². The molecule has 112 valence electrons. The number of hydrogen-bond acceptors (Lipinski definition) is 3. The maximum Gasteiger partial charge on any atom is 0.253 e. The molecule has 0 aliphatic heterocycles. The summed E-state index contributed by atoms with van der Waals surface area (Å²) in [6.45, 7) is 2.62. The maximum atomic E-state index is 11.9. The van der Waals surface area contributed by atoms with E-state index in [1.165, 1.54) is 0 Å². The molecule has 0 heterocycles. The van der Waals surface area contributed by atoms with Crippen LogP contribution in [0.2, 0.25) is 5.02 Å². The molecule has 3 N–H and O–H groups in total. The molecule has 0 spiro atoms. The van der Waals surface area contributed by atoms with E-state index in [9.17, 15) is 9.90 Å². The summed E-state index contributed by atoms with van der Waals surface area (Å²) in [6, 6.07) is 6.74. The summed E-state index contributed by atoms with van der Waals surface area (Å²) in [5, 5.41) is 22.1. The van der Waals surface area contributed by atoms with Crippen molar-refractivity contribution >= 4 is 17.5 Å². The molecule has 0 bridgehead atoms. The Balaban J connectivity index is 2.55. The van der Waals surface area contributed by atoms with Gasteiger partial charge in [0, 0.05) is 23.7 Å². The Morgan fingerprint density at radius 1 is 1.35 bits per heavy atom. The summed E-state index contributed by atoms with van der Waals surface area (Å²) < 4.78 is 0. The molecule has 5 heteroatoms. The zero-order valence-electron chi connectivity index (χ0n) is 11.7. The molecule has 0 saturated carbocycles. The standard InChI is InChI=1S/C15H22ClNO3/c1-2-5-11(8-9-18)10-17-15(20)14(19)12-6-3-4-7-13(12)16/h3-4,6-7,11,14,18-19H,2,5,8-10H2,1H3,(H,17,20)/t11?,14-/m1/s1. The molecule has 0 radical (unpaired) electrons. The minimum Gasteiger partial charge on any atom is -0.396 e. The second-order valence-corrected chi connectivity index (χ2v) is 5.24. The summed E-state index contributed by atoms with van der Waals surface area (Å²) in [5.41, 5.74) is 0.404. The minimum atomic E-state index is -1.26. The van der Waals surface area contributed by atoms with Gasteiger partial charge in [-0.05, 0) is 24.8 Å². The fourth-order valence-electron chi connectivity index (χ4n) is 2.12. The first-order valence-electron chi connectivity index (χ1n) is 6.91. The lowest BCUT2D eigenvalue weighted by molar-refractivity contribution is -0.129. The van der Waals surface area contributed by atoms with E-state index in [2.05, 4.69) is 12.2 Å². The van der Waals surface area contributed by atoms with Crippen molar-refractivity contribution < 1.29 is 15.0 Å². The van der Waals surface area contributed by atoms with E-state index in [1.54, 1.807) is 24.3 Å². The van der Waals surface area contributed by atoms with E-state index in [-0.39, 0.29) is 12.5 Å². The molecule has 0 saturated heterocycles. The highest BCUT2D eigenvalue weighted by Crippen LogP contribution is 2.22. The van der Waals surface area contributed by atoms with Gasteiger partial charge in [0.25, 0.3) is 5.91 Å². The van der Waals surface area contributed by atoms with Crippen LogP contribution in [0.1, 0.15) is 37.9 Å². The third kappa shape index (κ3) is 5.12. The van der Waals surface area contributed by atoms with Gasteiger partial charge >= 0.3 is 0 Å². The molecule has 2 atom stereocenters. The molecule has 0 aliphatic carbocycles. The summed E-state index contributed by atoms with van der Waals surface area (Å²) in [6.07, 6.45) is 1.31. The first-order chi connectivity index (χ1) is 9.60. The van der Waals surface area contributed by atoms with Crippen LogP contribution in [0.25, 0.3) is 0 Å². The van der Waals surface area contributed by atoms with Crippen molar-refractivity contribution in [3.05, 3.63) is 34.9 Å². The Hall–Kier alpha value is -1.10. The lowest BCUT2D eigenvalue weighted by Crippen LogP contribution is -2.33. The quantitative estimate of drug-likeness (QED) is 0.690. The van der Waals surface area contributed by atoms with Crippen LogP contribution in [-0.2, 0) is 4.79 Å². The van der Waals surface area contributed by atoms with E-state index in [0.29, 0.717) is 23.6 Å². The van der Waals surface area contributed by atoms with Gasteiger partial charge in [-0.2, -0.15) is 0 Å². The Kier molecular flexibility index (Phi) is 7.59. The summed E-state index contributed by atoms with van der Waals surface area (Å²) >= 11 is 5.95. The van der Waals surface area contributed by atoms with Crippen molar-refractivity contribution in [2.45, 2.75) is 32.3 Å². The molecule has 1 rings (SSSR count). The monoisotopic (exact) mass is 299 g/mol. The van der Waals surface area contributed by atoms with Gasteiger partial charge in [-0.15, -0.1) is 0 Å². The molecular formula is C15H22ClNO3. The summed E-state index contributed by atoms with van der Waals surface area (Å²) in [4.78, 5) is 11.9. The van der Waals surface area contributed by atoms with Crippen LogP contribution in [0.5, 0.6) is 0 Å². The van der Waals surface area contributed by atoms with Gasteiger partial charge in [0.15, 0.2) is 6.10 Å². The molecule has 0 aliphatic rings. The zero-order chi connectivity index (χ0) is 15.0. The van der Waals surface area contributed by atoms with Crippen molar-refractivity contribution in [3.8, 4) is 0 Å². The Labute approximate surface area is 124 Å². The lowest BCUT2D eigenvalue weighted by atomic mass is 10.00. The van der Waals surface area contributed by atoms with Crippen LogP contribution in [0, 0.1) is 5.92 Å². The summed E-state index contributed by atoms with van der Waals surface area (Å²) in [5.74, 6) is -0.232. The lowest BCUT2D eigenvalue weighted by Gasteiger charge is -2.18. The Morgan fingerprint density at radius 2 is 2.05 bits per heavy atom. The van der Waals surface area contributed by atoms with Crippen LogP contribution < -0.4 is 5.32 Å². The van der Waals surface area contributed by atoms with E-state index in [1.807, 2.05) is 0 Å². The van der Waals surface area contributed by atoms with Crippen molar-refractivity contribution in [1.82, 2.24) is 5.32 Å². The first kappa shape index (κ1) is 17.0. The van der Waals surface area contributed by atoms with Crippen LogP contribution >= 0.6 is 11.6 Å². The molecule has 1 aromatic carbocycles. The van der Waals surface area contributed by atoms with Crippen molar-refractivity contribution in [2.75, 3.05) is 13.2 Å². The van der Waals surface area contributed by atoms with Crippen LogP contribution in [0.3, 0.4) is 0 Å². The molecule has 20 heavy (non-hydrogen) atoms. The molecule has 1 amide bonds. The zero-order valence-corrected chi connectivity index (χ0v) is 12.4. The molecule has 1 unspecified atom stereocenters. The van der Waals surface area contributed by atoms with Crippen LogP contribution in [0.15, 0.2) is 24.3 Å². The van der Waals surface area contributed by atoms with Gasteiger partial charge in [-0.25, -0.2) is 0 Å². The second kappa shape index (κ2) is 8.95. The van der Waals surface area contributed by atoms with Crippen molar-refractivity contribution in [2.24, 2.45) is 5.92 Å². The van der Waals surface area contributed by atoms with Gasteiger partial charge in [-0.1, -0.05) is 43.1 Å². The highest BCUT2D eigenvalue weighted by Gasteiger charge is 2.20. The van der Waals surface area contributed by atoms with E-state index in [0.717, 1.165) is 12.8 Å². The maximum absolute atomic E-state index is 11.9. The highest BCUT2D eigenvalue weighted by atomic mass is 35.5. The number of carbonyl (C=O) groups is 1. The fourth-order valence-corrected chi connectivity index (χ4v) is 2.36. The Bertz CT molecular complexity index is 419. The van der Waals surface area contributed by atoms with Gasteiger partial charge in [0.2, 0.25) is 0 Å². The number of nitrogens with one attached hydrogen (secondary N) is 1. The number of aliphatic hydroxyl groups is 2. The van der Waals surface area contributed by atoms with Crippen LogP contribution in [-0.4, -0.2) is 29.3 Å². The largest absolute Gasteiger partial charge is 0.396 e. The number of aliphatic hydroxyl groups excluding tert-OH is 2. The molecule has 1 aromatic rings. The van der Waals surface area contributed by atoms with Crippen LogP contribution in [0.4, 0.5) is 0 Å². The summed E-state index contributed by atoms with van der Waals surface area (Å²) in [7, 11) is 0. The number of carbonyl (C=O) groups excluding carboxylic acids is 1. The predicted octanol–water partition coefficient (Wildman–Crippen LogP) is 2.29. The molecule has 4 nitrogen and oxygen atoms in total. The Morgan fingerprint density at radius 3 is 2.65 bits per heavy atom. The number of amides is 1. The van der Waals surface area contributed by atoms with E-state index < -0.39 is 12.0 Å². The third-order valence-electron chi connectivity index (χ3n) is 3.25.